The number of hydrogen-bond donors (Lipinski definition) is 0. The van der Waals surface area contributed by atoms with E-state index in [4.69, 9.17) is 4.74 Å². The third kappa shape index (κ3) is 3.65. The molecule has 1 heteroatoms. The Bertz CT molecular complexity index is 264. The molecule has 0 aliphatic carbocycles. The van der Waals surface area contributed by atoms with E-state index in [1.165, 1.54) is 11.1 Å². The molecule has 0 atom stereocenters. The van der Waals surface area contributed by atoms with Crippen LogP contribution in [0.25, 0.3) is 6.08 Å². The highest BCUT2D eigenvalue weighted by atomic mass is 16.5. The van der Waals surface area contributed by atoms with Crippen LogP contribution in [-0.2, 0) is 11.3 Å². The van der Waals surface area contributed by atoms with E-state index >= 15 is 0 Å². The fourth-order valence-corrected chi connectivity index (χ4v) is 1.09. The van der Waals surface area contributed by atoms with Crippen molar-refractivity contribution in [2.24, 2.45) is 0 Å². The molecule has 0 fully saturated rings. The Morgan fingerprint density at radius 3 is 2.29 bits per heavy atom. The quantitative estimate of drug-likeness (QED) is 0.597. The Morgan fingerprint density at radius 2 is 1.64 bits per heavy atom. The summed E-state index contributed by atoms with van der Waals surface area (Å²) in [6.07, 6.45) is 3.72. The van der Waals surface area contributed by atoms with Crippen LogP contribution in [0.4, 0.5) is 0 Å². The monoisotopic (exact) mass is 192 g/mol. The Hall–Kier alpha value is -1.24. The van der Waals surface area contributed by atoms with Gasteiger partial charge in [0.25, 0.3) is 0 Å². The largest absolute Gasteiger partial charge is 0.496 e. The number of hydrogen-bond acceptors (Lipinski definition) is 1. The van der Waals surface area contributed by atoms with E-state index in [2.05, 4.69) is 12.1 Å². The molecule has 0 spiro atoms. The molecule has 0 saturated heterocycles. The fourth-order valence-electron chi connectivity index (χ4n) is 1.09. The van der Waals surface area contributed by atoms with Crippen molar-refractivity contribution >= 4 is 6.08 Å². The normalized spacial score (nSPS) is 10.9. The highest BCUT2D eigenvalue weighted by Crippen LogP contribution is 2.15. The zero-order valence-corrected chi connectivity index (χ0v) is 9.58. The maximum atomic E-state index is 5.12. The van der Waals surface area contributed by atoms with E-state index in [0.29, 0.717) is 6.61 Å². The third-order valence-corrected chi connectivity index (χ3v) is 1.64. The van der Waals surface area contributed by atoms with Crippen LogP contribution < -0.4 is 0 Å². The first-order valence-corrected chi connectivity index (χ1v) is 5.33. The van der Waals surface area contributed by atoms with E-state index in [1.807, 2.05) is 45.9 Å². The van der Waals surface area contributed by atoms with Gasteiger partial charge in [0, 0.05) is 0 Å². The van der Waals surface area contributed by atoms with E-state index < -0.39 is 0 Å². The van der Waals surface area contributed by atoms with Gasteiger partial charge < -0.3 is 4.74 Å². The van der Waals surface area contributed by atoms with Crippen molar-refractivity contribution in [3.05, 3.63) is 41.7 Å². The van der Waals surface area contributed by atoms with Crippen LogP contribution in [0.15, 0.2) is 30.5 Å². The van der Waals surface area contributed by atoms with Crippen LogP contribution in [0.2, 0.25) is 0 Å². The lowest BCUT2D eigenvalue weighted by molar-refractivity contribution is 0.234. The summed E-state index contributed by atoms with van der Waals surface area (Å²) in [6, 6.07) is 8.24. The smallest absolute Gasteiger partial charge is 0.113 e. The molecule has 0 unspecified atom stereocenters. The second-order valence-electron chi connectivity index (χ2n) is 2.31. The van der Waals surface area contributed by atoms with Crippen molar-refractivity contribution < 1.29 is 4.74 Å². The molecule has 2 rings (SSSR count). The minimum atomic E-state index is 0.715. The lowest BCUT2D eigenvalue weighted by Gasteiger charge is -2.09. The molecule has 14 heavy (non-hydrogen) atoms. The van der Waals surface area contributed by atoms with Gasteiger partial charge in [0.1, 0.15) is 6.61 Å². The molecular formula is C13H20O. The molecule has 0 radical (unpaired) electrons. The van der Waals surface area contributed by atoms with Gasteiger partial charge in [-0.05, 0) is 17.2 Å². The minimum absolute atomic E-state index is 0.715. The van der Waals surface area contributed by atoms with Gasteiger partial charge >= 0.3 is 0 Å². The fraction of sp³-hybridized carbons (Fsp3) is 0.385. The zero-order valence-electron chi connectivity index (χ0n) is 9.58. The Morgan fingerprint density at radius 1 is 1.00 bits per heavy atom. The summed E-state index contributed by atoms with van der Waals surface area (Å²) in [5.74, 6) is 0. The first-order valence-electron chi connectivity index (χ1n) is 5.33. The van der Waals surface area contributed by atoms with Gasteiger partial charge in [-0.15, -0.1) is 0 Å². The molecule has 1 aliphatic heterocycles. The minimum Gasteiger partial charge on any atom is -0.496 e. The van der Waals surface area contributed by atoms with Gasteiger partial charge in [-0.1, -0.05) is 52.0 Å². The Kier molecular flexibility index (Phi) is 7.62. The summed E-state index contributed by atoms with van der Waals surface area (Å²) in [7, 11) is 0. The Labute approximate surface area is 87.4 Å². The summed E-state index contributed by atoms with van der Waals surface area (Å²) in [6.45, 7) is 8.71. The number of benzene rings is 1. The average Bonchev–Trinajstić information content (AvgIpc) is 2.34. The molecular weight excluding hydrogens is 172 g/mol. The molecule has 1 nitrogen and oxygen atoms in total. The average molecular weight is 192 g/mol. The van der Waals surface area contributed by atoms with Crippen LogP contribution in [0.5, 0.6) is 0 Å². The van der Waals surface area contributed by atoms with Crippen molar-refractivity contribution in [2.75, 3.05) is 0 Å². The predicted molar refractivity (Wildman–Crippen MR) is 63.0 cm³/mol. The lowest BCUT2D eigenvalue weighted by atomic mass is 10.1. The second kappa shape index (κ2) is 8.36. The van der Waals surface area contributed by atoms with Crippen LogP contribution >= 0.6 is 0 Å². The van der Waals surface area contributed by atoms with E-state index in [1.54, 1.807) is 6.26 Å². The first kappa shape index (κ1) is 12.8. The van der Waals surface area contributed by atoms with Crippen LogP contribution in [0.3, 0.4) is 0 Å². The molecule has 1 heterocycles. The molecule has 1 aromatic rings. The Balaban J connectivity index is 0.000000379. The van der Waals surface area contributed by atoms with Crippen molar-refractivity contribution in [1.82, 2.24) is 0 Å². The van der Waals surface area contributed by atoms with Crippen molar-refractivity contribution in [3.63, 3.8) is 0 Å². The third-order valence-electron chi connectivity index (χ3n) is 1.64. The predicted octanol–water partition coefficient (Wildman–Crippen LogP) is 4.24. The van der Waals surface area contributed by atoms with E-state index in [0.717, 1.165) is 0 Å². The van der Waals surface area contributed by atoms with E-state index in [9.17, 15) is 0 Å². The maximum Gasteiger partial charge on any atom is 0.113 e. The molecule has 0 amide bonds. The summed E-state index contributed by atoms with van der Waals surface area (Å²) in [5.41, 5.74) is 2.54. The summed E-state index contributed by atoms with van der Waals surface area (Å²) in [4.78, 5) is 0. The van der Waals surface area contributed by atoms with Gasteiger partial charge in [0.2, 0.25) is 0 Å². The topological polar surface area (TPSA) is 9.23 Å². The van der Waals surface area contributed by atoms with Gasteiger partial charge in [0.05, 0.1) is 6.26 Å². The zero-order chi connectivity index (χ0) is 10.8. The van der Waals surface area contributed by atoms with Crippen LogP contribution in [0, 0.1) is 0 Å². The van der Waals surface area contributed by atoms with Gasteiger partial charge in [-0.3, -0.25) is 0 Å². The molecule has 1 aliphatic rings. The summed E-state index contributed by atoms with van der Waals surface area (Å²) >= 11 is 0. The SMILES string of the molecule is C1=Cc2ccccc2CO1.CC.CC. The highest BCUT2D eigenvalue weighted by molar-refractivity contribution is 5.53. The highest BCUT2D eigenvalue weighted by Gasteiger charge is 2.00. The summed E-state index contributed by atoms with van der Waals surface area (Å²) < 4.78 is 5.12. The molecule has 78 valence electrons. The van der Waals surface area contributed by atoms with Gasteiger partial charge in [-0.25, -0.2) is 0 Å². The molecule has 0 saturated carbocycles. The first-order chi connectivity index (χ1) is 6.97. The molecule has 0 aromatic heterocycles. The van der Waals surface area contributed by atoms with Crippen LogP contribution in [0.1, 0.15) is 38.8 Å². The number of rotatable bonds is 0. The standard InChI is InChI=1S/C9H8O.2C2H6/c1-2-4-9-7-10-6-5-8(9)3-1;2*1-2/h1-6H,7H2;2*1-2H3. The van der Waals surface area contributed by atoms with Crippen LogP contribution in [-0.4, -0.2) is 0 Å². The second-order valence-corrected chi connectivity index (χ2v) is 2.31. The number of ether oxygens (including phenoxy) is 1. The maximum absolute atomic E-state index is 5.12. The molecule has 1 aromatic carbocycles. The van der Waals surface area contributed by atoms with Crippen molar-refractivity contribution in [3.8, 4) is 0 Å². The molecule has 0 bridgehead atoms. The lowest BCUT2D eigenvalue weighted by Crippen LogP contribution is -1.94. The van der Waals surface area contributed by atoms with E-state index in [-0.39, 0.29) is 0 Å². The summed E-state index contributed by atoms with van der Waals surface area (Å²) in [5, 5.41) is 0. The van der Waals surface area contributed by atoms with Crippen molar-refractivity contribution in [2.45, 2.75) is 34.3 Å². The van der Waals surface area contributed by atoms with Gasteiger partial charge in [0.15, 0.2) is 0 Å². The van der Waals surface area contributed by atoms with Crippen molar-refractivity contribution in [1.29, 1.82) is 0 Å². The van der Waals surface area contributed by atoms with Gasteiger partial charge in [-0.2, -0.15) is 0 Å². The number of fused-ring (bicyclic) bond motifs is 1. The molecule has 0 N–H and O–H groups in total.